The molecule has 0 amide bonds. The van der Waals surface area contributed by atoms with Crippen molar-refractivity contribution < 1.29 is 0 Å². The summed E-state index contributed by atoms with van der Waals surface area (Å²) in [5.74, 6) is 1.54. The fourth-order valence-corrected chi connectivity index (χ4v) is 2.13. The third kappa shape index (κ3) is 2.11. The molecular weight excluding hydrogens is 250 g/mol. The Hall–Kier alpha value is -2.43. The Morgan fingerprint density at radius 3 is 2.75 bits per heavy atom. The minimum atomic E-state index is 0.660. The summed E-state index contributed by atoms with van der Waals surface area (Å²) in [6, 6.07) is 5.91. The molecule has 0 aliphatic heterocycles. The lowest BCUT2D eigenvalue weighted by Crippen LogP contribution is -2.06. The molecule has 3 aromatic heterocycles. The maximum Gasteiger partial charge on any atom is 0.182 e. The van der Waals surface area contributed by atoms with Crippen LogP contribution in [-0.4, -0.2) is 25.9 Å². The van der Waals surface area contributed by atoms with Crippen LogP contribution < -0.4 is 5.32 Å². The molecule has 0 saturated heterocycles. The summed E-state index contributed by atoms with van der Waals surface area (Å²) in [4.78, 5) is 13.7. The van der Waals surface area contributed by atoms with Crippen molar-refractivity contribution in [2.45, 2.75) is 20.8 Å². The lowest BCUT2D eigenvalue weighted by atomic mass is 10.2. The van der Waals surface area contributed by atoms with Gasteiger partial charge in [-0.25, -0.2) is 15.0 Å². The van der Waals surface area contributed by atoms with Crippen molar-refractivity contribution in [3.63, 3.8) is 0 Å². The highest BCUT2D eigenvalue weighted by Crippen LogP contribution is 2.21. The van der Waals surface area contributed by atoms with E-state index in [2.05, 4.69) is 27.2 Å². The second-order valence-corrected chi connectivity index (χ2v) is 4.73. The zero-order chi connectivity index (χ0) is 14.1. The van der Waals surface area contributed by atoms with Gasteiger partial charge in [0.2, 0.25) is 0 Å². The predicted molar refractivity (Wildman–Crippen MR) is 79.9 cm³/mol. The van der Waals surface area contributed by atoms with Crippen molar-refractivity contribution in [1.82, 2.24) is 19.4 Å². The Labute approximate surface area is 117 Å². The molecule has 102 valence electrons. The third-order valence-corrected chi connectivity index (χ3v) is 3.33. The molecule has 5 nitrogen and oxygen atoms in total. The number of pyridine rings is 1. The molecule has 0 fully saturated rings. The number of hydrogen-bond donors (Lipinski definition) is 1. The molecular formula is C15H17N5. The molecule has 0 bridgehead atoms. The van der Waals surface area contributed by atoms with Crippen LogP contribution in [-0.2, 0) is 0 Å². The normalized spacial score (nSPS) is 10.9. The first-order valence-electron chi connectivity index (χ1n) is 6.72. The van der Waals surface area contributed by atoms with E-state index in [-0.39, 0.29) is 0 Å². The Kier molecular flexibility index (Phi) is 3.10. The Balaban J connectivity index is 2.13. The lowest BCUT2D eigenvalue weighted by molar-refractivity contribution is 1.04. The van der Waals surface area contributed by atoms with E-state index in [0.717, 1.165) is 35.0 Å². The van der Waals surface area contributed by atoms with E-state index in [0.29, 0.717) is 5.82 Å². The van der Waals surface area contributed by atoms with Gasteiger partial charge in [-0.1, -0.05) is 6.07 Å². The highest BCUT2D eigenvalue weighted by molar-refractivity contribution is 5.59. The molecule has 0 radical (unpaired) electrons. The third-order valence-electron chi connectivity index (χ3n) is 3.33. The van der Waals surface area contributed by atoms with Crippen LogP contribution in [0.1, 0.15) is 18.2 Å². The summed E-state index contributed by atoms with van der Waals surface area (Å²) in [5.41, 5.74) is 3.75. The van der Waals surface area contributed by atoms with Gasteiger partial charge in [0.05, 0.1) is 0 Å². The summed E-state index contributed by atoms with van der Waals surface area (Å²) in [6.07, 6.45) is 3.92. The molecule has 0 saturated carbocycles. The molecule has 0 spiro atoms. The van der Waals surface area contributed by atoms with E-state index >= 15 is 0 Å². The van der Waals surface area contributed by atoms with Gasteiger partial charge in [0.1, 0.15) is 17.2 Å². The molecule has 5 heteroatoms. The Morgan fingerprint density at radius 2 is 2.00 bits per heavy atom. The predicted octanol–water partition coefficient (Wildman–Crippen LogP) is 2.84. The Bertz CT molecular complexity index is 727. The Morgan fingerprint density at radius 1 is 1.15 bits per heavy atom. The number of nitrogens with one attached hydrogen (secondary N) is 1. The van der Waals surface area contributed by atoms with Crippen molar-refractivity contribution in [3.8, 4) is 11.5 Å². The first kappa shape index (κ1) is 12.6. The zero-order valence-corrected chi connectivity index (χ0v) is 11.9. The summed E-state index contributed by atoms with van der Waals surface area (Å²) < 4.78 is 1.97. The van der Waals surface area contributed by atoms with Gasteiger partial charge in [0.25, 0.3) is 0 Å². The highest BCUT2D eigenvalue weighted by atomic mass is 15.1. The van der Waals surface area contributed by atoms with Crippen molar-refractivity contribution in [1.29, 1.82) is 0 Å². The van der Waals surface area contributed by atoms with Crippen LogP contribution in [0, 0.1) is 13.8 Å². The smallest absolute Gasteiger partial charge is 0.182 e. The van der Waals surface area contributed by atoms with Gasteiger partial charge in [-0.05, 0) is 32.9 Å². The number of anilines is 1. The minimum Gasteiger partial charge on any atom is -0.370 e. The largest absolute Gasteiger partial charge is 0.370 e. The van der Waals surface area contributed by atoms with Crippen molar-refractivity contribution in [3.05, 3.63) is 41.9 Å². The van der Waals surface area contributed by atoms with Gasteiger partial charge in [-0.15, -0.1) is 0 Å². The number of nitrogens with zero attached hydrogens (tertiary/aromatic N) is 4. The van der Waals surface area contributed by atoms with Crippen LogP contribution in [0.2, 0.25) is 0 Å². The molecule has 20 heavy (non-hydrogen) atoms. The van der Waals surface area contributed by atoms with Gasteiger partial charge >= 0.3 is 0 Å². The average Bonchev–Trinajstić information content (AvgIpc) is 2.87. The van der Waals surface area contributed by atoms with Crippen LogP contribution in [0.4, 0.5) is 5.82 Å². The van der Waals surface area contributed by atoms with E-state index in [1.54, 1.807) is 0 Å². The van der Waals surface area contributed by atoms with Crippen LogP contribution in [0.3, 0.4) is 0 Å². The summed E-state index contributed by atoms with van der Waals surface area (Å²) in [7, 11) is 0. The van der Waals surface area contributed by atoms with Gasteiger partial charge in [0, 0.05) is 30.2 Å². The second-order valence-electron chi connectivity index (χ2n) is 4.73. The topological polar surface area (TPSA) is 55.1 Å². The molecule has 0 unspecified atom stereocenters. The van der Waals surface area contributed by atoms with Crippen LogP contribution >= 0.6 is 0 Å². The van der Waals surface area contributed by atoms with E-state index in [4.69, 9.17) is 0 Å². The second kappa shape index (κ2) is 4.92. The summed E-state index contributed by atoms with van der Waals surface area (Å²) in [6.45, 7) is 6.92. The quantitative estimate of drug-likeness (QED) is 0.792. The lowest BCUT2D eigenvalue weighted by Gasteiger charge is -2.09. The van der Waals surface area contributed by atoms with Crippen molar-refractivity contribution in [2.24, 2.45) is 0 Å². The van der Waals surface area contributed by atoms with Crippen LogP contribution in [0.5, 0.6) is 0 Å². The van der Waals surface area contributed by atoms with Crippen LogP contribution in [0.15, 0.2) is 30.6 Å². The highest BCUT2D eigenvalue weighted by Gasteiger charge is 2.11. The summed E-state index contributed by atoms with van der Waals surface area (Å²) >= 11 is 0. The first-order chi connectivity index (χ1) is 9.69. The van der Waals surface area contributed by atoms with Crippen molar-refractivity contribution >= 4 is 11.5 Å². The SMILES string of the molecule is CCNc1nc(-c2cn3ccccc3n2)nc(C)c1C. The average molecular weight is 267 g/mol. The van der Waals surface area contributed by atoms with Gasteiger partial charge in [0.15, 0.2) is 5.82 Å². The van der Waals surface area contributed by atoms with E-state index < -0.39 is 0 Å². The molecule has 3 heterocycles. The molecule has 0 aliphatic rings. The number of aryl methyl sites for hydroxylation is 1. The number of fused-ring (bicyclic) bond motifs is 1. The fourth-order valence-electron chi connectivity index (χ4n) is 2.13. The number of hydrogen-bond acceptors (Lipinski definition) is 4. The molecule has 0 aliphatic carbocycles. The molecule has 0 aromatic carbocycles. The van der Waals surface area contributed by atoms with E-state index in [9.17, 15) is 0 Å². The van der Waals surface area contributed by atoms with E-state index in [1.165, 1.54) is 0 Å². The number of imidazole rings is 1. The standard InChI is InChI=1S/C15H17N5/c1-4-16-14-10(2)11(3)17-15(19-14)12-9-20-8-6-5-7-13(20)18-12/h5-9H,4H2,1-3H3,(H,16,17,19). The first-order valence-corrected chi connectivity index (χ1v) is 6.72. The zero-order valence-electron chi connectivity index (χ0n) is 11.9. The molecule has 3 rings (SSSR count). The number of rotatable bonds is 3. The van der Waals surface area contributed by atoms with E-state index in [1.807, 2.05) is 48.8 Å². The minimum absolute atomic E-state index is 0.660. The van der Waals surface area contributed by atoms with Gasteiger partial charge < -0.3 is 9.72 Å². The van der Waals surface area contributed by atoms with Crippen molar-refractivity contribution in [2.75, 3.05) is 11.9 Å². The number of aromatic nitrogens is 4. The monoisotopic (exact) mass is 267 g/mol. The molecule has 3 aromatic rings. The van der Waals surface area contributed by atoms with Gasteiger partial charge in [-0.3, -0.25) is 0 Å². The maximum absolute atomic E-state index is 4.59. The molecule has 0 atom stereocenters. The van der Waals surface area contributed by atoms with Crippen LogP contribution in [0.25, 0.3) is 17.2 Å². The maximum atomic E-state index is 4.59. The molecule has 1 N–H and O–H groups in total. The fraction of sp³-hybridized carbons (Fsp3) is 0.267. The van der Waals surface area contributed by atoms with Gasteiger partial charge in [-0.2, -0.15) is 0 Å². The summed E-state index contributed by atoms with van der Waals surface area (Å²) in [5, 5.41) is 3.27.